The highest BCUT2D eigenvalue weighted by Gasteiger charge is 2.35. The first-order chi connectivity index (χ1) is 20.7. The van der Waals surface area contributed by atoms with Crippen LogP contribution in [0.4, 0.5) is 16.0 Å². The maximum atomic E-state index is 13.4. The van der Waals surface area contributed by atoms with Crippen molar-refractivity contribution in [2.24, 2.45) is 5.92 Å². The van der Waals surface area contributed by atoms with Crippen LogP contribution in [0.3, 0.4) is 0 Å². The molecule has 0 bridgehead atoms. The van der Waals surface area contributed by atoms with Crippen molar-refractivity contribution in [3.8, 4) is 10.6 Å². The highest BCUT2D eigenvalue weighted by atomic mass is 35.5. The van der Waals surface area contributed by atoms with E-state index in [1.807, 2.05) is 11.4 Å². The summed E-state index contributed by atoms with van der Waals surface area (Å²) in [5, 5.41) is 29.6. The molecule has 5 heterocycles. The van der Waals surface area contributed by atoms with Crippen LogP contribution in [-0.4, -0.2) is 77.2 Å². The first-order valence-electron chi connectivity index (χ1n) is 14.7. The van der Waals surface area contributed by atoms with Gasteiger partial charge in [0.05, 0.1) is 34.5 Å². The number of rotatable bonds is 7. The number of halogens is 2. The Morgan fingerprint density at radius 1 is 1.05 bits per heavy atom. The summed E-state index contributed by atoms with van der Waals surface area (Å²) in [5.74, 6) is -1.76. The fourth-order valence-electron chi connectivity index (χ4n) is 6.38. The quantitative estimate of drug-likeness (QED) is 0.215. The summed E-state index contributed by atoms with van der Waals surface area (Å²) in [6.07, 6.45) is 8.40. The summed E-state index contributed by atoms with van der Waals surface area (Å²) in [6.45, 7) is 3.93. The number of quaternary nitrogens is 1. The lowest BCUT2D eigenvalue weighted by atomic mass is 9.94. The Hall–Kier alpha value is -2.32. The van der Waals surface area contributed by atoms with E-state index in [9.17, 15) is 19.9 Å². The lowest BCUT2D eigenvalue weighted by Gasteiger charge is -2.45. The van der Waals surface area contributed by atoms with E-state index < -0.39 is 22.4 Å². The molecule has 2 saturated heterocycles. The number of nitrogens with one attached hydrogen (secondary N) is 1. The van der Waals surface area contributed by atoms with E-state index >= 15 is 0 Å². The molecule has 0 spiro atoms. The molecular formula is C29H34Cl2N6O4S2. The summed E-state index contributed by atoms with van der Waals surface area (Å²) in [4.78, 5) is 39.6. The third-order valence-electron chi connectivity index (χ3n) is 8.82. The van der Waals surface area contributed by atoms with E-state index in [-0.39, 0.29) is 42.3 Å². The minimum atomic E-state index is -0.894. The van der Waals surface area contributed by atoms with Crippen molar-refractivity contribution in [3.63, 3.8) is 0 Å². The maximum absolute atomic E-state index is 13.4. The number of hydrogen-bond donors (Lipinski definition) is 2. The zero-order valence-electron chi connectivity index (χ0n) is 23.6. The van der Waals surface area contributed by atoms with Gasteiger partial charge in [-0.1, -0.05) is 53.8 Å². The average Bonchev–Trinajstić information content (AvgIpc) is 3.63. The number of pyridine rings is 1. The van der Waals surface area contributed by atoms with E-state index in [0.29, 0.717) is 16.2 Å². The Balaban J connectivity index is 1.17. The van der Waals surface area contributed by atoms with E-state index in [4.69, 9.17) is 28.2 Å². The van der Waals surface area contributed by atoms with Crippen molar-refractivity contribution in [1.82, 2.24) is 19.5 Å². The summed E-state index contributed by atoms with van der Waals surface area (Å²) in [6, 6.07) is 4.03. The standard InChI is InChI=1S/C29H34Cl2N6O4S2/c30-20-15-23(42-17-20)24-27(36-10-8-35(9-11-36)21-4-2-1-3-5-21)43-29(33-24)34-26(38)19-14-22(31)25(32-16-19)37(41)12-6-18(7-13-37)28(39)40/h14-18,21H,1-13H2,(H,39,40)(H,33,34,38). The van der Waals surface area contributed by atoms with Gasteiger partial charge in [0, 0.05) is 56.6 Å². The third-order valence-corrected chi connectivity index (χ3v) is 11.4. The number of nitrogens with zero attached hydrogens (tertiary/aromatic N) is 5. The number of piperazine rings is 1. The Bertz CT molecular complexity index is 1480. The van der Waals surface area contributed by atoms with Crippen molar-refractivity contribution in [2.45, 2.75) is 51.0 Å². The molecule has 0 atom stereocenters. The highest BCUT2D eigenvalue weighted by Crippen LogP contribution is 2.42. The van der Waals surface area contributed by atoms with Crippen LogP contribution in [0.25, 0.3) is 10.6 Å². The average molecular weight is 666 g/mol. The summed E-state index contributed by atoms with van der Waals surface area (Å²) >= 11 is 15.7. The molecule has 0 radical (unpaired) electrons. The molecular weight excluding hydrogens is 631 g/mol. The molecule has 2 N–H and O–H groups in total. The van der Waals surface area contributed by atoms with Gasteiger partial charge in [0.1, 0.15) is 15.7 Å². The lowest BCUT2D eigenvalue weighted by molar-refractivity contribution is -0.143. The number of amides is 1. The molecule has 43 heavy (non-hydrogen) atoms. The van der Waals surface area contributed by atoms with Gasteiger partial charge in [-0.15, -0.1) is 11.3 Å². The van der Waals surface area contributed by atoms with Crippen molar-refractivity contribution in [1.29, 1.82) is 0 Å². The molecule has 1 saturated carbocycles. The normalized spacial score (nSPS) is 23.8. The predicted molar refractivity (Wildman–Crippen MR) is 174 cm³/mol. The molecule has 2 aliphatic heterocycles. The van der Waals surface area contributed by atoms with Gasteiger partial charge in [0.15, 0.2) is 5.13 Å². The van der Waals surface area contributed by atoms with Gasteiger partial charge in [-0.2, -0.15) is 0 Å². The van der Waals surface area contributed by atoms with Gasteiger partial charge in [0.25, 0.3) is 5.91 Å². The number of carbonyl (C=O) groups is 2. The number of hydrogen-bond acceptors (Lipinski definition) is 9. The summed E-state index contributed by atoms with van der Waals surface area (Å²) in [5.41, 5.74) is 1.01. The highest BCUT2D eigenvalue weighted by molar-refractivity contribution is 7.21. The van der Waals surface area contributed by atoms with Gasteiger partial charge in [-0.05, 0) is 25.0 Å². The Kier molecular flexibility index (Phi) is 9.25. The summed E-state index contributed by atoms with van der Waals surface area (Å²) in [7, 11) is 0. The van der Waals surface area contributed by atoms with Crippen molar-refractivity contribution < 1.29 is 14.7 Å². The lowest BCUT2D eigenvalue weighted by Crippen LogP contribution is -2.51. The van der Waals surface area contributed by atoms with Crippen LogP contribution in [-0.2, 0) is 4.79 Å². The number of carboxylic acids is 1. The number of carboxylic acid groups (broad SMARTS) is 1. The van der Waals surface area contributed by atoms with Crippen LogP contribution >= 0.6 is 45.9 Å². The SMILES string of the molecule is O=C(Nc1nc(-c2cc(Cl)cs2)c(N2CCN(C3CCCCC3)CC2)s1)c1cnc([N+]2([O-])CCC(C(=O)O)CC2)c(Cl)c1. The first kappa shape index (κ1) is 30.7. The number of carbonyl (C=O) groups excluding carboxylic acids is 1. The molecule has 6 rings (SSSR count). The second-order valence-electron chi connectivity index (χ2n) is 11.5. The van der Waals surface area contributed by atoms with Gasteiger partial charge in [-0.3, -0.25) is 19.8 Å². The number of hydroxylamine groups is 2. The zero-order valence-corrected chi connectivity index (χ0v) is 26.8. The molecule has 3 aliphatic rings. The fraction of sp³-hybridized carbons (Fsp3) is 0.517. The van der Waals surface area contributed by atoms with Crippen LogP contribution in [0.2, 0.25) is 10.0 Å². The number of thiazole rings is 1. The summed E-state index contributed by atoms with van der Waals surface area (Å²) < 4.78 is -0.804. The Morgan fingerprint density at radius 3 is 2.40 bits per heavy atom. The van der Waals surface area contributed by atoms with Crippen LogP contribution in [0.5, 0.6) is 0 Å². The van der Waals surface area contributed by atoms with E-state index in [0.717, 1.165) is 41.8 Å². The number of anilines is 2. The van der Waals surface area contributed by atoms with Crippen LogP contribution in [0.15, 0.2) is 23.7 Å². The van der Waals surface area contributed by atoms with E-state index in [1.54, 1.807) is 0 Å². The Labute approximate surface area is 268 Å². The molecule has 0 aromatic carbocycles. The monoisotopic (exact) mass is 664 g/mol. The van der Waals surface area contributed by atoms with Gasteiger partial charge >= 0.3 is 5.97 Å². The third kappa shape index (κ3) is 6.70. The largest absolute Gasteiger partial charge is 0.626 e. The minimum absolute atomic E-state index is 0.0710. The number of piperidine rings is 1. The molecule has 230 valence electrons. The topological polar surface area (TPSA) is 122 Å². The molecule has 3 fully saturated rings. The van der Waals surface area contributed by atoms with Crippen LogP contribution < -0.4 is 14.9 Å². The maximum Gasteiger partial charge on any atom is 0.306 e. The van der Waals surface area contributed by atoms with Gasteiger partial charge in [0.2, 0.25) is 5.82 Å². The molecule has 10 nitrogen and oxygen atoms in total. The molecule has 1 amide bonds. The van der Waals surface area contributed by atoms with Gasteiger partial charge in [-0.25, -0.2) is 9.97 Å². The predicted octanol–water partition coefficient (Wildman–Crippen LogP) is 6.58. The fourth-order valence-corrected chi connectivity index (χ4v) is 8.86. The molecule has 3 aromatic rings. The molecule has 1 aliphatic carbocycles. The number of aliphatic carboxylic acids is 1. The van der Waals surface area contributed by atoms with E-state index in [2.05, 4.69) is 20.1 Å². The zero-order chi connectivity index (χ0) is 30.1. The Morgan fingerprint density at radius 2 is 1.77 bits per heavy atom. The number of aromatic nitrogens is 2. The van der Waals surface area contributed by atoms with Crippen molar-refractivity contribution in [3.05, 3.63) is 44.5 Å². The second-order valence-corrected chi connectivity index (χ2v) is 14.3. The van der Waals surface area contributed by atoms with Crippen LogP contribution in [0, 0.1) is 11.1 Å². The van der Waals surface area contributed by atoms with E-state index in [1.165, 1.54) is 67.0 Å². The second kappa shape index (κ2) is 13.0. The smallest absolute Gasteiger partial charge is 0.306 e. The van der Waals surface area contributed by atoms with Crippen molar-refractivity contribution in [2.75, 3.05) is 49.5 Å². The molecule has 3 aromatic heterocycles. The first-order valence-corrected chi connectivity index (χ1v) is 17.2. The molecule has 14 heteroatoms. The number of thiophene rings is 1. The van der Waals surface area contributed by atoms with Gasteiger partial charge < -0.3 is 19.9 Å². The molecule has 0 unspecified atom stereocenters. The minimum Gasteiger partial charge on any atom is -0.626 e. The van der Waals surface area contributed by atoms with Crippen molar-refractivity contribution >= 4 is 73.7 Å². The van der Waals surface area contributed by atoms with Crippen LogP contribution in [0.1, 0.15) is 55.3 Å².